The Morgan fingerprint density at radius 2 is 2.12 bits per heavy atom. The van der Waals surface area contributed by atoms with Crippen LogP contribution in [0.3, 0.4) is 0 Å². The van der Waals surface area contributed by atoms with Crippen LogP contribution in [0.4, 0.5) is 0 Å². The van der Waals surface area contributed by atoms with Gasteiger partial charge in [0.15, 0.2) is 0 Å². The van der Waals surface area contributed by atoms with Crippen LogP contribution in [0.25, 0.3) is 0 Å². The lowest BCUT2D eigenvalue weighted by atomic mass is 10.0. The molecule has 0 saturated heterocycles. The van der Waals surface area contributed by atoms with Crippen LogP contribution in [0.1, 0.15) is 22.2 Å². The van der Waals surface area contributed by atoms with Gasteiger partial charge in [-0.25, -0.2) is 4.98 Å². The van der Waals surface area contributed by atoms with Crippen molar-refractivity contribution in [3.8, 4) is 0 Å². The van der Waals surface area contributed by atoms with Crippen LogP contribution in [-0.4, -0.2) is 12.0 Å². The molecule has 2 rings (SSSR count). The predicted octanol–water partition coefficient (Wildman–Crippen LogP) is 3.41. The Morgan fingerprint density at radius 1 is 1.38 bits per heavy atom. The summed E-state index contributed by atoms with van der Waals surface area (Å²) in [5.74, 6) is 0. The van der Waals surface area contributed by atoms with Crippen LogP contribution < -0.4 is 5.32 Å². The maximum Gasteiger partial charge on any atom is 0.0798 e. The van der Waals surface area contributed by atoms with Crippen LogP contribution >= 0.6 is 22.9 Å². The minimum absolute atomic E-state index is 0.126. The number of thiazole rings is 1. The van der Waals surface area contributed by atoms with Crippen molar-refractivity contribution in [3.63, 3.8) is 0 Å². The van der Waals surface area contributed by atoms with Gasteiger partial charge in [-0.3, -0.25) is 0 Å². The van der Waals surface area contributed by atoms with E-state index in [0.717, 1.165) is 16.3 Å². The van der Waals surface area contributed by atoms with Gasteiger partial charge in [0.2, 0.25) is 0 Å². The minimum Gasteiger partial charge on any atom is -0.309 e. The monoisotopic (exact) mass is 252 g/mol. The van der Waals surface area contributed by atoms with Crippen LogP contribution in [0.15, 0.2) is 29.8 Å². The van der Waals surface area contributed by atoms with E-state index in [4.69, 9.17) is 11.6 Å². The number of aryl methyl sites for hydroxylation is 1. The van der Waals surface area contributed by atoms with Gasteiger partial charge in [0, 0.05) is 9.90 Å². The van der Waals surface area contributed by atoms with Crippen molar-refractivity contribution in [2.75, 3.05) is 7.05 Å². The summed E-state index contributed by atoms with van der Waals surface area (Å²) in [5, 5.41) is 4.08. The van der Waals surface area contributed by atoms with Crippen molar-refractivity contribution in [1.29, 1.82) is 0 Å². The predicted molar refractivity (Wildman–Crippen MR) is 69.2 cm³/mol. The molecular weight excluding hydrogens is 240 g/mol. The van der Waals surface area contributed by atoms with E-state index in [1.807, 2.05) is 43.7 Å². The third-order valence-corrected chi connectivity index (χ3v) is 3.89. The Morgan fingerprint density at radius 3 is 2.69 bits per heavy atom. The molecule has 1 N–H and O–H groups in total. The lowest BCUT2D eigenvalue weighted by molar-refractivity contribution is 0.698. The van der Waals surface area contributed by atoms with Crippen LogP contribution in [0.5, 0.6) is 0 Å². The van der Waals surface area contributed by atoms with Gasteiger partial charge in [0.25, 0.3) is 0 Å². The maximum atomic E-state index is 6.21. The molecule has 0 spiro atoms. The summed E-state index contributed by atoms with van der Waals surface area (Å²) in [5.41, 5.74) is 4.02. The molecule has 0 radical (unpaired) electrons. The van der Waals surface area contributed by atoms with Gasteiger partial charge in [-0.15, -0.1) is 11.3 Å². The van der Waals surface area contributed by atoms with Crippen molar-refractivity contribution in [2.24, 2.45) is 0 Å². The van der Waals surface area contributed by atoms with E-state index >= 15 is 0 Å². The summed E-state index contributed by atoms with van der Waals surface area (Å²) in [4.78, 5) is 5.49. The molecule has 0 aliphatic carbocycles. The second-order valence-corrected chi connectivity index (χ2v) is 4.84. The molecule has 1 atom stereocenters. The fourth-order valence-electron chi connectivity index (χ4n) is 1.73. The number of rotatable bonds is 3. The molecule has 0 aliphatic rings. The fourth-order valence-corrected chi connectivity index (χ4v) is 2.90. The second kappa shape index (κ2) is 4.95. The molecule has 1 aromatic heterocycles. The number of aromatic nitrogens is 1. The summed E-state index contributed by atoms with van der Waals surface area (Å²) < 4.78 is 0. The highest BCUT2D eigenvalue weighted by atomic mass is 35.5. The lowest BCUT2D eigenvalue weighted by Gasteiger charge is -2.17. The first-order valence-electron chi connectivity index (χ1n) is 5.05. The summed E-state index contributed by atoms with van der Waals surface area (Å²) in [6, 6.07) is 8.03. The zero-order valence-corrected chi connectivity index (χ0v) is 10.8. The smallest absolute Gasteiger partial charge is 0.0798 e. The van der Waals surface area contributed by atoms with Crippen molar-refractivity contribution in [1.82, 2.24) is 10.3 Å². The molecule has 16 heavy (non-hydrogen) atoms. The van der Waals surface area contributed by atoms with E-state index in [0.29, 0.717) is 0 Å². The molecule has 1 unspecified atom stereocenters. The minimum atomic E-state index is 0.126. The van der Waals surface area contributed by atoms with E-state index in [2.05, 4.69) is 10.3 Å². The van der Waals surface area contributed by atoms with E-state index < -0.39 is 0 Å². The van der Waals surface area contributed by atoms with Gasteiger partial charge < -0.3 is 5.32 Å². The van der Waals surface area contributed by atoms with Gasteiger partial charge in [-0.1, -0.05) is 29.8 Å². The molecule has 1 aromatic carbocycles. The Kier molecular flexibility index (Phi) is 3.59. The second-order valence-electron chi connectivity index (χ2n) is 3.55. The van der Waals surface area contributed by atoms with Gasteiger partial charge in [0.1, 0.15) is 0 Å². The van der Waals surface area contributed by atoms with E-state index in [9.17, 15) is 0 Å². The topological polar surface area (TPSA) is 24.9 Å². The number of hydrogen-bond acceptors (Lipinski definition) is 3. The Balaban J connectivity index is 2.45. The van der Waals surface area contributed by atoms with Crippen molar-refractivity contribution in [3.05, 3.63) is 50.9 Å². The third-order valence-electron chi connectivity index (χ3n) is 2.55. The quantitative estimate of drug-likeness (QED) is 0.906. The molecule has 0 fully saturated rings. The van der Waals surface area contributed by atoms with E-state index in [1.165, 1.54) is 4.88 Å². The fraction of sp³-hybridized carbons (Fsp3) is 0.250. The first-order chi connectivity index (χ1) is 7.74. The van der Waals surface area contributed by atoms with Crippen LogP contribution in [-0.2, 0) is 0 Å². The largest absolute Gasteiger partial charge is 0.309 e. The first-order valence-corrected chi connectivity index (χ1v) is 6.31. The summed E-state index contributed by atoms with van der Waals surface area (Å²) in [6.45, 7) is 2.02. The SMILES string of the molecule is CNC(c1ccccc1Cl)c1scnc1C. The molecule has 2 aromatic rings. The molecule has 84 valence electrons. The molecule has 0 aliphatic heterocycles. The van der Waals surface area contributed by atoms with Crippen LogP contribution in [0, 0.1) is 6.92 Å². The number of nitrogens with one attached hydrogen (secondary N) is 1. The van der Waals surface area contributed by atoms with Gasteiger partial charge in [-0.05, 0) is 25.6 Å². The summed E-state index contributed by atoms with van der Waals surface area (Å²) >= 11 is 7.86. The average molecular weight is 253 g/mol. The van der Waals surface area contributed by atoms with Gasteiger partial charge >= 0.3 is 0 Å². The molecule has 0 amide bonds. The molecule has 4 heteroatoms. The van der Waals surface area contributed by atoms with Crippen molar-refractivity contribution < 1.29 is 0 Å². The maximum absolute atomic E-state index is 6.21. The highest BCUT2D eigenvalue weighted by Crippen LogP contribution is 2.31. The normalized spacial score (nSPS) is 12.7. The Labute approximate surface area is 104 Å². The van der Waals surface area contributed by atoms with Crippen molar-refractivity contribution >= 4 is 22.9 Å². The third kappa shape index (κ3) is 2.12. The average Bonchev–Trinajstić information content (AvgIpc) is 2.69. The van der Waals surface area contributed by atoms with E-state index in [1.54, 1.807) is 11.3 Å². The molecular formula is C12H13ClN2S. The Hall–Kier alpha value is -0.900. The van der Waals surface area contributed by atoms with Gasteiger partial charge in [-0.2, -0.15) is 0 Å². The molecule has 2 nitrogen and oxygen atoms in total. The van der Waals surface area contributed by atoms with Gasteiger partial charge in [0.05, 0.1) is 17.2 Å². The highest BCUT2D eigenvalue weighted by Gasteiger charge is 2.18. The first kappa shape index (κ1) is 11.6. The van der Waals surface area contributed by atoms with Crippen molar-refractivity contribution in [2.45, 2.75) is 13.0 Å². The number of nitrogens with zero attached hydrogens (tertiary/aromatic N) is 1. The number of benzene rings is 1. The standard InChI is InChI=1S/C12H13ClN2S/c1-8-12(16-7-15-8)11(14-2)9-5-3-4-6-10(9)13/h3-7,11,14H,1-2H3. The summed E-state index contributed by atoms with van der Waals surface area (Å²) in [7, 11) is 1.94. The molecule has 1 heterocycles. The van der Waals surface area contributed by atoms with E-state index in [-0.39, 0.29) is 6.04 Å². The molecule has 0 bridgehead atoms. The highest BCUT2D eigenvalue weighted by molar-refractivity contribution is 7.09. The molecule has 0 saturated carbocycles. The number of halogens is 1. The zero-order chi connectivity index (χ0) is 11.5. The Bertz CT molecular complexity index is 481. The van der Waals surface area contributed by atoms with Crippen LogP contribution in [0.2, 0.25) is 5.02 Å². The summed E-state index contributed by atoms with van der Waals surface area (Å²) in [6.07, 6.45) is 0. The zero-order valence-electron chi connectivity index (χ0n) is 9.20. The lowest BCUT2D eigenvalue weighted by Crippen LogP contribution is -2.17. The number of hydrogen-bond donors (Lipinski definition) is 1.